The molecule has 10 nitrogen and oxygen atoms in total. The number of alkyl halides is 2. The van der Waals surface area contributed by atoms with Crippen LogP contribution in [0.25, 0.3) is 21.9 Å². The lowest BCUT2D eigenvalue weighted by atomic mass is 9.92. The number of piperidine rings is 1. The second kappa shape index (κ2) is 7.91. The average Bonchev–Trinajstić information content (AvgIpc) is 3.18. The number of fused-ring (bicyclic) bond motifs is 3. The lowest BCUT2D eigenvalue weighted by Gasteiger charge is -2.39. The van der Waals surface area contributed by atoms with Crippen LogP contribution in [-0.4, -0.2) is 56.7 Å². The predicted octanol–water partition coefficient (Wildman–Crippen LogP) is 3.22. The summed E-state index contributed by atoms with van der Waals surface area (Å²) in [5, 5.41) is 7.38. The molecule has 3 N–H and O–H groups in total. The molecule has 1 aliphatic heterocycles. The SMILES string of the molecule is CC1(N)CCCN(c2cc(S(=O)(=O)NC3(C)CC3)cc3c2n2ccnc2n3-c2nnc(C(F)F)s2)C1. The van der Waals surface area contributed by atoms with Gasteiger partial charge in [-0.15, -0.1) is 10.2 Å². The maximum atomic E-state index is 13.5. The van der Waals surface area contributed by atoms with Crippen molar-refractivity contribution in [2.75, 3.05) is 18.0 Å². The van der Waals surface area contributed by atoms with E-state index < -0.39 is 32.5 Å². The van der Waals surface area contributed by atoms with E-state index in [9.17, 15) is 17.2 Å². The van der Waals surface area contributed by atoms with Crippen molar-refractivity contribution >= 4 is 43.9 Å². The van der Waals surface area contributed by atoms with Crippen LogP contribution in [0.3, 0.4) is 0 Å². The topological polar surface area (TPSA) is 123 Å². The number of benzene rings is 1. The van der Waals surface area contributed by atoms with Gasteiger partial charge in [-0.25, -0.2) is 26.9 Å². The molecule has 1 unspecified atom stereocenters. The number of nitrogens with two attached hydrogens (primary N) is 1. The van der Waals surface area contributed by atoms with Gasteiger partial charge in [-0.3, -0.25) is 8.97 Å². The van der Waals surface area contributed by atoms with Gasteiger partial charge in [0.15, 0.2) is 5.01 Å². The maximum Gasteiger partial charge on any atom is 0.291 e. The first-order valence-corrected chi connectivity index (χ1v) is 14.0. The fourth-order valence-corrected chi connectivity index (χ4v) is 7.09. The largest absolute Gasteiger partial charge is 0.368 e. The number of anilines is 1. The molecule has 2 fully saturated rings. The smallest absolute Gasteiger partial charge is 0.291 e. The molecule has 36 heavy (non-hydrogen) atoms. The van der Waals surface area contributed by atoms with Crippen LogP contribution < -0.4 is 15.4 Å². The van der Waals surface area contributed by atoms with Crippen LogP contribution in [0.4, 0.5) is 14.5 Å². The van der Waals surface area contributed by atoms with Crippen LogP contribution in [0.1, 0.15) is 51.0 Å². The van der Waals surface area contributed by atoms with Crippen LogP contribution in [0.2, 0.25) is 0 Å². The molecule has 4 aromatic rings. The highest BCUT2D eigenvalue weighted by molar-refractivity contribution is 7.89. The van der Waals surface area contributed by atoms with Crippen molar-refractivity contribution in [1.82, 2.24) is 28.9 Å². The summed E-state index contributed by atoms with van der Waals surface area (Å²) in [5.74, 6) is 0.424. The number of rotatable bonds is 6. The van der Waals surface area contributed by atoms with E-state index in [1.165, 1.54) is 0 Å². The summed E-state index contributed by atoms with van der Waals surface area (Å²) in [5.41, 5.74) is 7.47. The van der Waals surface area contributed by atoms with Gasteiger partial charge >= 0.3 is 0 Å². The Balaban J connectivity index is 1.63. The molecule has 1 atom stereocenters. The molecule has 192 valence electrons. The van der Waals surface area contributed by atoms with Gasteiger partial charge in [-0.05, 0) is 51.7 Å². The summed E-state index contributed by atoms with van der Waals surface area (Å²) in [4.78, 5) is 6.61. The molecule has 3 aromatic heterocycles. The number of nitrogens with zero attached hydrogens (tertiary/aromatic N) is 6. The Morgan fingerprint density at radius 3 is 2.64 bits per heavy atom. The first kappa shape index (κ1) is 23.7. The second-order valence-corrected chi connectivity index (χ2v) is 13.0. The molecule has 14 heteroatoms. The molecule has 0 radical (unpaired) electrons. The first-order valence-electron chi connectivity index (χ1n) is 11.7. The van der Waals surface area contributed by atoms with Gasteiger partial charge in [-0.1, -0.05) is 11.3 Å². The number of halogens is 2. The summed E-state index contributed by atoms with van der Waals surface area (Å²) >= 11 is 0.745. The lowest BCUT2D eigenvalue weighted by Crippen LogP contribution is -2.52. The van der Waals surface area contributed by atoms with E-state index in [0.29, 0.717) is 35.6 Å². The Labute approximate surface area is 210 Å². The fourth-order valence-electron chi connectivity index (χ4n) is 4.88. The van der Waals surface area contributed by atoms with Crippen LogP contribution in [-0.2, 0) is 10.0 Å². The van der Waals surface area contributed by atoms with Crippen molar-refractivity contribution in [3.63, 3.8) is 0 Å². The van der Waals surface area contributed by atoms with E-state index in [1.807, 2.05) is 18.2 Å². The van der Waals surface area contributed by atoms with Gasteiger partial charge in [0.2, 0.25) is 20.9 Å². The van der Waals surface area contributed by atoms with Crippen LogP contribution >= 0.6 is 11.3 Å². The van der Waals surface area contributed by atoms with Gasteiger partial charge < -0.3 is 10.6 Å². The first-order chi connectivity index (χ1) is 17.0. The Hall–Kier alpha value is -2.68. The highest BCUT2D eigenvalue weighted by Gasteiger charge is 2.42. The van der Waals surface area contributed by atoms with Crippen LogP contribution in [0.15, 0.2) is 29.4 Å². The highest BCUT2D eigenvalue weighted by Crippen LogP contribution is 2.40. The summed E-state index contributed by atoms with van der Waals surface area (Å²) < 4.78 is 59.8. The number of sulfonamides is 1. The Bertz CT molecular complexity index is 1590. The minimum Gasteiger partial charge on any atom is -0.368 e. The molecule has 2 aliphatic rings. The molecule has 6 rings (SSSR count). The summed E-state index contributed by atoms with van der Waals surface area (Å²) in [6.45, 7) is 5.09. The summed E-state index contributed by atoms with van der Waals surface area (Å²) in [6.07, 6.45) is 3.84. The Morgan fingerprint density at radius 2 is 1.97 bits per heavy atom. The molecule has 0 bridgehead atoms. The minimum absolute atomic E-state index is 0.0861. The van der Waals surface area contributed by atoms with Crippen molar-refractivity contribution in [1.29, 1.82) is 0 Å². The Kier molecular flexibility index (Phi) is 5.21. The molecule has 1 aliphatic carbocycles. The molecule has 1 saturated carbocycles. The van der Waals surface area contributed by atoms with Gasteiger partial charge in [0.05, 0.1) is 21.6 Å². The van der Waals surface area contributed by atoms with Gasteiger partial charge in [0.25, 0.3) is 6.43 Å². The van der Waals surface area contributed by atoms with Gasteiger partial charge in [0, 0.05) is 36.6 Å². The molecular weight excluding hydrogens is 510 g/mol. The molecule has 1 aromatic carbocycles. The van der Waals surface area contributed by atoms with Crippen molar-refractivity contribution in [2.45, 2.75) is 61.9 Å². The normalized spacial score (nSPS) is 22.2. The molecule has 4 heterocycles. The quantitative estimate of drug-likeness (QED) is 0.388. The zero-order valence-corrected chi connectivity index (χ0v) is 21.4. The maximum absolute atomic E-state index is 13.5. The number of hydrogen-bond donors (Lipinski definition) is 2. The third-order valence-corrected chi connectivity index (χ3v) is 9.45. The van der Waals surface area contributed by atoms with E-state index in [2.05, 4.69) is 24.8 Å². The van der Waals surface area contributed by atoms with E-state index in [4.69, 9.17) is 5.73 Å². The van der Waals surface area contributed by atoms with E-state index >= 15 is 0 Å². The third kappa shape index (κ3) is 3.96. The molecule has 1 saturated heterocycles. The number of nitrogens with one attached hydrogen (secondary N) is 1. The molecule has 0 spiro atoms. The zero-order valence-electron chi connectivity index (χ0n) is 19.8. The summed E-state index contributed by atoms with van der Waals surface area (Å²) in [6, 6.07) is 3.23. The minimum atomic E-state index is -3.87. The molecular formula is C22H26F2N8O2S2. The van der Waals surface area contributed by atoms with Crippen molar-refractivity contribution in [3.05, 3.63) is 29.5 Å². The molecule has 0 amide bonds. The Morgan fingerprint density at radius 1 is 1.19 bits per heavy atom. The summed E-state index contributed by atoms with van der Waals surface area (Å²) in [7, 11) is -3.87. The van der Waals surface area contributed by atoms with Crippen LogP contribution in [0, 0.1) is 0 Å². The van der Waals surface area contributed by atoms with E-state index in [1.54, 1.807) is 29.1 Å². The van der Waals surface area contributed by atoms with Crippen molar-refractivity contribution < 1.29 is 17.2 Å². The van der Waals surface area contributed by atoms with Crippen molar-refractivity contribution in [2.24, 2.45) is 5.73 Å². The lowest BCUT2D eigenvalue weighted by molar-refractivity contribution is 0.150. The van der Waals surface area contributed by atoms with Crippen LogP contribution in [0.5, 0.6) is 0 Å². The van der Waals surface area contributed by atoms with Gasteiger partial charge in [-0.2, -0.15) is 0 Å². The zero-order chi connectivity index (χ0) is 25.5. The van der Waals surface area contributed by atoms with Gasteiger partial charge in [0.1, 0.15) is 0 Å². The monoisotopic (exact) mass is 536 g/mol. The van der Waals surface area contributed by atoms with E-state index in [-0.39, 0.29) is 10.0 Å². The average molecular weight is 537 g/mol. The third-order valence-electron chi connectivity index (χ3n) is 6.91. The number of hydrogen-bond acceptors (Lipinski definition) is 8. The number of aromatic nitrogens is 5. The van der Waals surface area contributed by atoms with E-state index in [0.717, 1.165) is 37.0 Å². The second-order valence-electron chi connectivity index (χ2n) is 10.3. The standard InChI is InChI=1S/C22H26F2N8O2S2/c1-21(25)4-3-8-30(12-21)14-10-13(36(33,34)29-22(2)5-6-22)11-15-16(14)31-9-7-26-19(31)32(15)20-28-27-18(35-20)17(23)24/h7,9-11,17,29H,3-6,8,12,25H2,1-2H3. The van der Waals surface area contributed by atoms with Crippen molar-refractivity contribution in [3.8, 4) is 5.13 Å². The highest BCUT2D eigenvalue weighted by atomic mass is 32.2. The predicted molar refractivity (Wildman–Crippen MR) is 132 cm³/mol. The number of imidazole rings is 2. The fraction of sp³-hybridized carbons (Fsp3) is 0.500.